The molecule has 3 rings (SSSR count). The first-order valence-electron chi connectivity index (χ1n) is 7.91. The number of carbonyl (C=O) groups is 1. The van der Waals surface area contributed by atoms with Gasteiger partial charge in [-0.3, -0.25) is 9.59 Å². The molecule has 1 amide bonds. The lowest BCUT2D eigenvalue weighted by Gasteiger charge is -2.27. The molecule has 2 aromatic carbocycles. The molecular weight excluding hydrogens is 321 g/mol. The lowest BCUT2D eigenvalue weighted by atomic mass is 9.93. The predicted molar refractivity (Wildman–Crippen MR) is 93.6 cm³/mol. The Morgan fingerprint density at radius 1 is 1.12 bits per heavy atom. The molecule has 128 valence electrons. The van der Waals surface area contributed by atoms with Crippen LogP contribution >= 0.6 is 0 Å². The maximum absolute atomic E-state index is 14.0. The van der Waals surface area contributed by atoms with Crippen molar-refractivity contribution in [3.05, 3.63) is 76.0 Å². The number of carbonyl (C=O) groups excluding carboxylic acids is 1. The number of hydrogen-bond donors (Lipinski definition) is 2. The average molecular weight is 339 g/mol. The van der Waals surface area contributed by atoms with Crippen molar-refractivity contribution in [1.82, 2.24) is 15.5 Å². The van der Waals surface area contributed by atoms with Crippen molar-refractivity contribution >= 4 is 16.7 Å². The molecule has 3 aromatic rings. The van der Waals surface area contributed by atoms with E-state index in [1.165, 1.54) is 6.07 Å². The Balaban J connectivity index is 1.85. The van der Waals surface area contributed by atoms with Gasteiger partial charge in [0.1, 0.15) is 5.82 Å². The number of nitrogens with one attached hydrogen (secondary N) is 2. The second-order valence-electron chi connectivity index (χ2n) is 6.37. The molecule has 0 spiro atoms. The molecule has 0 unspecified atom stereocenters. The highest BCUT2D eigenvalue weighted by Gasteiger charge is 2.26. The van der Waals surface area contributed by atoms with Gasteiger partial charge < -0.3 is 5.32 Å². The Hall–Kier alpha value is -3.02. The first kappa shape index (κ1) is 16.8. The Morgan fingerprint density at radius 2 is 1.76 bits per heavy atom. The monoisotopic (exact) mass is 339 g/mol. The summed E-state index contributed by atoms with van der Waals surface area (Å²) in [6.07, 6.45) is -0.0187. The fourth-order valence-corrected chi connectivity index (χ4v) is 2.89. The highest BCUT2D eigenvalue weighted by Crippen LogP contribution is 2.23. The van der Waals surface area contributed by atoms with Crippen molar-refractivity contribution < 1.29 is 9.18 Å². The first-order chi connectivity index (χ1) is 11.9. The summed E-state index contributed by atoms with van der Waals surface area (Å²) in [5.41, 5.74) is -0.299. The standard InChI is InChI=1S/C19H18FN3O2/c1-19(2,14-9-5-6-10-15(14)20)21-17(24)11-16-12-7-3-4-8-13(12)18(25)23-22-16/h3-10H,11H2,1-2H3,(H,21,24)(H,23,25). The fourth-order valence-electron chi connectivity index (χ4n) is 2.89. The summed E-state index contributed by atoms with van der Waals surface area (Å²) >= 11 is 0. The van der Waals surface area contributed by atoms with Crippen LogP contribution in [0.4, 0.5) is 4.39 Å². The number of hydrogen-bond acceptors (Lipinski definition) is 3. The molecule has 2 N–H and O–H groups in total. The van der Waals surface area contributed by atoms with Gasteiger partial charge in [0.2, 0.25) is 5.91 Å². The van der Waals surface area contributed by atoms with Gasteiger partial charge in [-0.05, 0) is 26.0 Å². The zero-order chi connectivity index (χ0) is 18.0. The zero-order valence-corrected chi connectivity index (χ0v) is 14.0. The maximum atomic E-state index is 14.0. The second kappa shape index (κ2) is 6.47. The van der Waals surface area contributed by atoms with Crippen LogP contribution in [0, 0.1) is 5.82 Å². The van der Waals surface area contributed by atoms with E-state index in [0.29, 0.717) is 22.0 Å². The highest BCUT2D eigenvalue weighted by atomic mass is 19.1. The van der Waals surface area contributed by atoms with Crippen LogP contribution in [-0.2, 0) is 16.8 Å². The third-order valence-electron chi connectivity index (χ3n) is 4.10. The Bertz CT molecular complexity index is 995. The fraction of sp³-hybridized carbons (Fsp3) is 0.211. The van der Waals surface area contributed by atoms with E-state index in [0.717, 1.165) is 0 Å². The van der Waals surface area contributed by atoms with E-state index in [4.69, 9.17) is 0 Å². The molecule has 0 bridgehead atoms. The molecule has 5 nitrogen and oxygen atoms in total. The van der Waals surface area contributed by atoms with Gasteiger partial charge in [0.15, 0.2) is 0 Å². The molecule has 0 aliphatic heterocycles. The lowest BCUT2D eigenvalue weighted by molar-refractivity contribution is -0.122. The molecule has 0 fully saturated rings. The van der Waals surface area contributed by atoms with E-state index >= 15 is 0 Å². The van der Waals surface area contributed by atoms with Gasteiger partial charge in [-0.1, -0.05) is 36.4 Å². The molecule has 1 heterocycles. The maximum Gasteiger partial charge on any atom is 0.272 e. The molecule has 0 saturated carbocycles. The van der Waals surface area contributed by atoms with Crippen molar-refractivity contribution in [2.45, 2.75) is 25.8 Å². The summed E-state index contributed by atoms with van der Waals surface area (Å²) in [7, 11) is 0. The van der Waals surface area contributed by atoms with E-state index in [2.05, 4.69) is 15.5 Å². The first-order valence-corrected chi connectivity index (χ1v) is 7.91. The lowest BCUT2D eigenvalue weighted by Crippen LogP contribution is -2.42. The van der Waals surface area contributed by atoms with Crippen molar-refractivity contribution in [1.29, 1.82) is 0 Å². The van der Waals surface area contributed by atoms with Crippen LogP contribution in [0.25, 0.3) is 10.8 Å². The van der Waals surface area contributed by atoms with Gasteiger partial charge in [0, 0.05) is 10.9 Å². The summed E-state index contributed by atoms with van der Waals surface area (Å²) in [6.45, 7) is 3.48. The minimum atomic E-state index is -0.875. The predicted octanol–water partition coefficient (Wildman–Crippen LogP) is 2.66. The van der Waals surface area contributed by atoms with Crippen LogP contribution in [0.2, 0.25) is 0 Å². The van der Waals surface area contributed by atoms with Crippen molar-refractivity contribution in [2.75, 3.05) is 0 Å². The number of benzene rings is 2. The molecule has 0 aliphatic rings. The summed E-state index contributed by atoms with van der Waals surface area (Å²) in [4.78, 5) is 24.3. The number of aromatic amines is 1. The zero-order valence-electron chi connectivity index (χ0n) is 14.0. The highest BCUT2D eigenvalue weighted by molar-refractivity contribution is 5.88. The minimum absolute atomic E-state index is 0.0187. The summed E-state index contributed by atoms with van der Waals surface area (Å²) in [5.74, 6) is -0.682. The SMILES string of the molecule is CC(C)(NC(=O)Cc1n[nH]c(=O)c2ccccc12)c1ccccc1F. The van der Waals surface area contributed by atoms with Gasteiger partial charge in [-0.25, -0.2) is 9.49 Å². The summed E-state index contributed by atoms with van der Waals surface area (Å²) < 4.78 is 14.0. The molecule has 0 radical (unpaired) electrons. The van der Waals surface area contributed by atoms with E-state index in [-0.39, 0.29) is 23.7 Å². The van der Waals surface area contributed by atoms with Crippen LogP contribution < -0.4 is 10.9 Å². The number of rotatable bonds is 4. The second-order valence-corrected chi connectivity index (χ2v) is 6.37. The number of halogens is 1. The van der Waals surface area contributed by atoms with Gasteiger partial charge in [-0.15, -0.1) is 0 Å². The molecule has 25 heavy (non-hydrogen) atoms. The molecular formula is C19H18FN3O2. The largest absolute Gasteiger partial charge is 0.347 e. The van der Waals surface area contributed by atoms with Gasteiger partial charge in [-0.2, -0.15) is 5.10 Å². The van der Waals surface area contributed by atoms with Gasteiger partial charge in [0.05, 0.1) is 23.0 Å². The van der Waals surface area contributed by atoms with E-state index < -0.39 is 5.54 Å². The third-order valence-corrected chi connectivity index (χ3v) is 4.10. The molecule has 0 saturated heterocycles. The number of nitrogens with zero attached hydrogens (tertiary/aromatic N) is 1. The Morgan fingerprint density at radius 3 is 2.48 bits per heavy atom. The molecule has 0 atom stereocenters. The average Bonchev–Trinajstić information content (AvgIpc) is 2.57. The quantitative estimate of drug-likeness (QED) is 0.767. The number of aromatic nitrogens is 2. The van der Waals surface area contributed by atoms with Crippen molar-refractivity contribution in [3.63, 3.8) is 0 Å². The minimum Gasteiger partial charge on any atom is -0.347 e. The van der Waals surface area contributed by atoms with Crippen LogP contribution in [0.5, 0.6) is 0 Å². The topological polar surface area (TPSA) is 74.8 Å². The smallest absolute Gasteiger partial charge is 0.272 e. The van der Waals surface area contributed by atoms with Crippen LogP contribution in [0.3, 0.4) is 0 Å². The van der Waals surface area contributed by atoms with E-state index in [1.807, 2.05) is 0 Å². The normalized spacial score (nSPS) is 11.5. The summed E-state index contributed by atoms with van der Waals surface area (Å²) in [5, 5.41) is 10.3. The summed E-state index contributed by atoms with van der Waals surface area (Å²) in [6, 6.07) is 13.3. The van der Waals surface area contributed by atoms with Gasteiger partial charge >= 0.3 is 0 Å². The number of H-pyrrole nitrogens is 1. The third kappa shape index (κ3) is 3.42. The molecule has 1 aromatic heterocycles. The van der Waals surface area contributed by atoms with Crippen molar-refractivity contribution in [2.24, 2.45) is 0 Å². The molecule has 0 aliphatic carbocycles. The van der Waals surface area contributed by atoms with Crippen molar-refractivity contribution in [3.8, 4) is 0 Å². The van der Waals surface area contributed by atoms with Crippen LogP contribution in [0.1, 0.15) is 25.1 Å². The Labute approximate surface area is 143 Å². The van der Waals surface area contributed by atoms with Gasteiger partial charge in [0.25, 0.3) is 5.56 Å². The van der Waals surface area contributed by atoms with Crippen LogP contribution in [-0.4, -0.2) is 16.1 Å². The van der Waals surface area contributed by atoms with Crippen LogP contribution in [0.15, 0.2) is 53.3 Å². The number of amides is 1. The van der Waals surface area contributed by atoms with E-state index in [9.17, 15) is 14.0 Å². The molecule has 6 heteroatoms. The Kier molecular flexibility index (Phi) is 4.35. The van der Waals surface area contributed by atoms with E-state index in [1.54, 1.807) is 56.3 Å². The number of fused-ring (bicyclic) bond motifs is 1.